The molecule has 0 saturated heterocycles. The molecule has 3 heterocycles. The maximum Gasteiger partial charge on any atom is 0.202 e. The van der Waals surface area contributed by atoms with Gasteiger partial charge in [0.15, 0.2) is 17.4 Å². The molecule has 0 atom stereocenters. The van der Waals surface area contributed by atoms with Crippen molar-refractivity contribution < 1.29 is 13.5 Å². The van der Waals surface area contributed by atoms with Gasteiger partial charge in [0.2, 0.25) is 5.82 Å². The average molecular weight is 496 g/mol. The van der Waals surface area contributed by atoms with E-state index in [1.165, 1.54) is 12.1 Å². The van der Waals surface area contributed by atoms with Crippen LogP contribution in [-0.2, 0) is 0 Å². The summed E-state index contributed by atoms with van der Waals surface area (Å²) in [6.45, 7) is 0.342. The van der Waals surface area contributed by atoms with Gasteiger partial charge in [-0.25, -0.2) is 9.37 Å². The van der Waals surface area contributed by atoms with E-state index in [1.807, 2.05) is 0 Å². The van der Waals surface area contributed by atoms with E-state index in [-0.39, 0.29) is 23.1 Å². The average Bonchev–Trinajstić information content (AvgIpc) is 3.58. The Kier molecular flexibility index (Phi) is 6.59. The predicted octanol–water partition coefficient (Wildman–Crippen LogP) is 3.47. The Morgan fingerprint density at radius 1 is 1.11 bits per heavy atom. The van der Waals surface area contributed by atoms with E-state index in [9.17, 15) is 0 Å². The molecule has 188 valence electrons. The summed E-state index contributed by atoms with van der Waals surface area (Å²) in [4.78, 5) is 6.43. The summed E-state index contributed by atoms with van der Waals surface area (Å²) in [6.07, 6.45) is 9.02. The number of rotatable bonds is 7. The van der Waals surface area contributed by atoms with Gasteiger partial charge in [-0.3, -0.25) is 5.10 Å². The number of benzene rings is 1. The first kappa shape index (κ1) is 23.8. The Hall–Kier alpha value is -3.93. The van der Waals surface area contributed by atoms with Crippen molar-refractivity contribution in [3.05, 3.63) is 48.4 Å². The number of aromatic amines is 1. The smallest absolute Gasteiger partial charge is 0.202 e. The number of nitrogens with two attached hydrogens (primary N) is 1. The normalized spacial score (nSPS) is 18.0. The highest BCUT2D eigenvalue weighted by atomic mass is 19.2. The van der Waals surface area contributed by atoms with E-state index in [4.69, 9.17) is 10.5 Å². The van der Waals surface area contributed by atoms with Crippen molar-refractivity contribution in [2.75, 3.05) is 26.4 Å². The predicted molar refractivity (Wildman–Crippen MR) is 129 cm³/mol. The number of nitrogens with one attached hydrogen (secondary N) is 1. The molecule has 0 amide bonds. The van der Waals surface area contributed by atoms with E-state index in [2.05, 4.69) is 49.7 Å². The molecule has 1 aliphatic rings. The van der Waals surface area contributed by atoms with Gasteiger partial charge >= 0.3 is 0 Å². The molecule has 1 fully saturated rings. The minimum absolute atomic E-state index is 0.120. The summed E-state index contributed by atoms with van der Waals surface area (Å²) in [5, 5.41) is 18.2. The molecule has 4 aromatic rings. The van der Waals surface area contributed by atoms with Gasteiger partial charge in [-0.2, -0.15) is 14.2 Å². The second kappa shape index (κ2) is 9.97. The molecule has 1 saturated carbocycles. The summed E-state index contributed by atoms with van der Waals surface area (Å²) < 4.78 is 37.0. The van der Waals surface area contributed by atoms with Crippen LogP contribution in [0, 0.1) is 17.6 Å². The number of hydrogen-bond donors (Lipinski definition) is 2. The lowest BCUT2D eigenvalue weighted by Gasteiger charge is -2.32. The number of tetrazole rings is 1. The highest BCUT2D eigenvalue weighted by molar-refractivity contribution is 5.76. The first-order valence-electron chi connectivity index (χ1n) is 11.7. The third kappa shape index (κ3) is 4.63. The Morgan fingerprint density at radius 3 is 2.64 bits per heavy atom. The number of nitrogens with zero attached hydrogens (tertiary/aromatic N) is 7. The molecule has 0 aliphatic heterocycles. The summed E-state index contributed by atoms with van der Waals surface area (Å²) in [5.41, 5.74) is 7.76. The van der Waals surface area contributed by atoms with Crippen LogP contribution in [-0.4, -0.2) is 67.0 Å². The van der Waals surface area contributed by atoms with Crippen LogP contribution >= 0.6 is 0 Å². The molecule has 3 N–H and O–H groups in total. The molecular weight excluding hydrogens is 468 g/mol. The number of nitrogen functional groups attached to an aromatic ring is 1. The van der Waals surface area contributed by atoms with Crippen molar-refractivity contribution in [1.29, 1.82) is 0 Å². The zero-order valence-electron chi connectivity index (χ0n) is 20.0. The van der Waals surface area contributed by atoms with Gasteiger partial charge in [0.05, 0.1) is 18.4 Å². The minimum atomic E-state index is -1.12. The minimum Gasteiger partial charge on any atom is -0.490 e. The van der Waals surface area contributed by atoms with E-state index >= 15 is 8.78 Å². The van der Waals surface area contributed by atoms with E-state index in [1.54, 1.807) is 24.7 Å². The lowest BCUT2D eigenvalue weighted by Crippen LogP contribution is -2.33. The van der Waals surface area contributed by atoms with Crippen molar-refractivity contribution in [2.24, 2.45) is 5.92 Å². The van der Waals surface area contributed by atoms with Gasteiger partial charge in [-0.1, -0.05) is 0 Å². The number of halogens is 2. The molecule has 36 heavy (non-hydrogen) atoms. The van der Waals surface area contributed by atoms with Crippen molar-refractivity contribution in [3.63, 3.8) is 0 Å². The maximum absolute atomic E-state index is 15.2. The molecule has 12 heteroatoms. The zero-order chi connectivity index (χ0) is 25.2. The first-order valence-corrected chi connectivity index (χ1v) is 11.7. The van der Waals surface area contributed by atoms with Crippen LogP contribution in [0.25, 0.3) is 28.2 Å². The molecule has 0 bridgehead atoms. The monoisotopic (exact) mass is 495 g/mol. The van der Waals surface area contributed by atoms with E-state index in [0.717, 1.165) is 35.9 Å². The fourth-order valence-electron chi connectivity index (χ4n) is 4.57. The third-order valence-electron chi connectivity index (χ3n) is 6.74. The van der Waals surface area contributed by atoms with Gasteiger partial charge in [0, 0.05) is 29.6 Å². The summed E-state index contributed by atoms with van der Waals surface area (Å²) in [6, 6.07) is 5.06. The van der Waals surface area contributed by atoms with Crippen LogP contribution in [0.4, 0.5) is 14.6 Å². The van der Waals surface area contributed by atoms with Crippen LogP contribution in [0.5, 0.6) is 5.75 Å². The molecular formula is C24H27F2N9O. The summed E-state index contributed by atoms with van der Waals surface area (Å²) >= 11 is 0. The number of aromatic nitrogens is 7. The summed E-state index contributed by atoms with van der Waals surface area (Å²) in [5.74, 6) is -1.77. The Balaban J connectivity index is 1.37. The molecule has 3 aromatic heterocycles. The van der Waals surface area contributed by atoms with Gasteiger partial charge in [-0.05, 0) is 74.3 Å². The van der Waals surface area contributed by atoms with Crippen LogP contribution in [0.3, 0.4) is 0 Å². The summed E-state index contributed by atoms with van der Waals surface area (Å²) in [7, 11) is 4.16. The van der Waals surface area contributed by atoms with Crippen LogP contribution < -0.4 is 10.5 Å². The molecule has 5 rings (SSSR count). The largest absolute Gasteiger partial charge is 0.490 e. The number of H-pyrrole nitrogens is 1. The van der Waals surface area contributed by atoms with Crippen molar-refractivity contribution in [1.82, 2.24) is 40.3 Å². The van der Waals surface area contributed by atoms with Crippen LogP contribution in [0.2, 0.25) is 0 Å². The zero-order valence-corrected chi connectivity index (χ0v) is 20.0. The quantitative estimate of drug-likeness (QED) is 0.399. The van der Waals surface area contributed by atoms with Gasteiger partial charge in [0.1, 0.15) is 11.5 Å². The van der Waals surface area contributed by atoms with Crippen molar-refractivity contribution in [3.8, 4) is 34.0 Å². The Bertz CT molecular complexity index is 1330. The highest BCUT2D eigenvalue weighted by Gasteiger charge is 2.25. The maximum atomic E-state index is 15.2. The molecule has 0 spiro atoms. The topological polar surface area (TPSA) is 124 Å². The van der Waals surface area contributed by atoms with Crippen LogP contribution in [0.15, 0.2) is 36.8 Å². The number of ether oxygens (including phenoxy) is 1. The third-order valence-corrected chi connectivity index (χ3v) is 6.74. The lowest BCUT2D eigenvalue weighted by molar-refractivity contribution is 0.149. The second-order valence-electron chi connectivity index (χ2n) is 9.22. The lowest BCUT2D eigenvalue weighted by atomic mass is 9.86. The van der Waals surface area contributed by atoms with E-state index < -0.39 is 11.6 Å². The number of hydrogen-bond acceptors (Lipinski definition) is 8. The van der Waals surface area contributed by atoms with Gasteiger partial charge in [-0.15, -0.1) is 5.10 Å². The second-order valence-corrected chi connectivity index (χ2v) is 9.22. The SMILES string of the molecule is CN(C)C1CCC(COc2ccc(-n3nnnc3-c3cc(-c4cn[nH]c4)cnc3N)c(F)c2F)CC1. The standard InChI is InChI=1S/C24H27F2N9O/c1-34(2)17-5-3-14(4-6-17)13-36-20-8-7-19(21(25)22(20)26)35-24(31-32-33-35)18-9-15(10-28-23(18)27)16-11-29-30-12-16/h7-12,14,17H,3-6,13H2,1-2H3,(H2,27,28)(H,29,30). The number of pyridine rings is 1. The molecule has 0 radical (unpaired) electrons. The van der Waals surface area contributed by atoms with Crippen molar-refractivity contribution in [2.45, 2.75) is 31.7 Å². The molecule has 1 aliphatic carbocycles. The number of anilines is 1. The van der Waals surface area contributed by atoms with Crippen LogP contribution in [0.1, 0.15) is 25.7 Å². The Labute approximate surface area is 206 Å². The first-order chi connectivity index (χ1) is 17.4. The molecule has 10 nitrogen and oxygen atoms in total. The fourth-order valence-corrected chi connectivity index (χ4v) is 4.57. The molecule has 0 unspecified atom stereocenters. The Morgan fingerprint density at radius 2 is 1.92 bits per heavy atom. The fraction of sp³-hybridized carbons (Fsp3) is 0.375. The van der Waals surface area contributed by atoms with Crippen molar-refractivity contribution >= 4 is 5.82 Å². The highest BCUT2D eigenvalue weighted by Crippen LogP contribution is 2.32. The molecule has 1 aromatic carbocycles. The van der Waals surface area contributed by atoms with Gasteiger partial charge in [0.25, 0.3) is 0 Å². The van der Waals surface area contributed by atoms with Gasteiger partial charge < -0.3 is 15.4 Å². The van der Waals surface area contributed by atoms with E-state index in [0.29, 0.717) is 29.7 Å².